The molecule has 2 rings (SSSR count). The summed E-state index contributed by atoms with van der Waals surface area (Å²) >= 11 is 0. The van der Waals surface area contributed by atoms with Crippen molar-refractivity contribution in [2.24, 2.45) is 5.73 Å². The van der Waals surface area contributed by atoms with Crippen LogP contribution in [0.25, 0.3) is 0 Å². The Bertz CT molecular complexity index is 549. The van der Waals surface area contributed by atoms with Crippen LogP contribution in [0.15, 0.2) is 24.3 Å². The predicted octanol–water partition coefficient (Wildman–Crippen LogP) is 1.68. The van der Waals surface area contributed by atoms with Crippen molar-refractivity contribution in [1.82, 2.24) is 14.8 Å². The second-order valence-corrected chi connectivity index (χ2v) is 4.63. The monoisotopic (exact) mass is 275 g/mol. The van der Waals surface area contributed by atoms with E-state index in [2.05, 4.69) is 15.5 Å². The number of rotatable bonds is 6. The topological polar surface area (TPSA) is 89.0 Å². The van der Waals surface area contributed by atoms with Gasteiger partial charge >= 0.3 is 0 Å². The number of aromatic hydroxyl groups is 1. The average molecular weight is 275 g/mol. The van der Waals surface area contributed by atoms with Gasteiger partial charge < -0.3 is 16.2 Å². The molecule has 1 aromatic heterocycles. The molecule has 0 spiro atoms. The van der Waals surface area contributed by atoms with Gasteiger partial charge in [-0.05, 0) is 38.0 Å². The fourth-order valence-electron chi connectivity index (χ4n) is 2.17. The van der Waals surface area contributed by atoms with Gasteiger partial charge in [-0.1, -0.05) is 12.1 Å². The van der Waals surface area contributed by atoms with Crippen molar-refractivity contribution in [2.75, 3.05) is 11.9 Å². The Kier molecular flexibility index (Phi) is 4.57. The Morgan fingerprint density at radius 2 is 1.95 bits per heavy atom. The lowest BCUT2D eigenvalue weighted by Crippen LogP contribution is -2.19. The lowest BCUT2D eigenvalue weighted by atomic mass is 10.1. The summed E-state index contributed by atoms with van der Waals surface area (Å²) in [5, 5.41) is 20.8. The van der Waals surface area contributed by atoms with Gasteiger partial charge in [-0.15, -0.1) is 10.2 Å². The Labute approximate surface area is 118 Å². The molecule has 0 bridgehead atoms. The molecule has 0 saturated carbocycles. The first-order valence-corrected chi connectivity index (χ1v) is 6.86. The molecule has 108 valence electrons. The van der Waals surface area contributed by atoms with Gasteiger partial charge in [0.2, 0.25) is 5.95 Å². The van der Waals surface area contributed by atoms with Gasteiger partial charge in [0.25, 0.3) is 0 Å². The van der Waals surface area contributed by atoms with E-state index < -0.39 is 0 Å². The standard InChI is InChI=1S/C14H21N5O/c1-3-16-14-18-17-13(19(14)4-2)12(15)9-10-5-7-11(20)8-6-10/h5-8,12,20H,3-4,9,15H2,1-2H3,(H,16,18). The number of hydrogen-bond acceptors (Lipinski definition) is 5. The van der Waals surface area contributed by atoms with Gasteiger partial charge in [-0.3, -0.25) is 4.57 Å². The zero-order chi connectivity index (χ0) is 14.5. The van der Waals surface area contributed by atoms with Crippen LogP contribution in [-0.2, 0) is 13.0 Å². The third-order valence-electron chi connectivity index (χ3n) is 3.15. The lowest BCUT2D eigenvalue weighted by Gasteiger charge is -2.13. The summed E-state index contributed by atoms with van der Waals surface area (Å²) in [4.78, 5) is 0. The van der Waals surface area contributed by atoms with Crippen molar-refractivity contribution in [2.45, 2.75) is 32.9 Å². The molecule has 1 atom stereocenters. The van der Waals surface area contributed by atoms with Crippen LogP contribution in [0, 0.1) is 0 Å². The van der Waals surface area contributed by atoms with E-state index in [1.807, 2.05) is 30.5 Å². The zero-order valence-corrected chi connectivity index (χ0v) is 11.9. The third-order valence-corrected chi connectivity index (χ3v) is 3.15. The first kappa shape index (κ1) is 14.3. The van der Waals surface area contributed by atoms with Crippen LogP contribution in [0.2, 0.25) is 0 Å². The van der Waals surface area contributed by atoms with Crippen LogP contribution in [0.1, 0.15) is 31.3 Å². The van der Waals surface area contributed by atoms with E-state index in [-0.39, 0.29) is 11.8 Å². The molecular formula is C14H21N5O. The normalized spacial score (nSPS) is 12.3. The summed E-state index contributed by atoms with van der Waals surface area (Å²) in [5.41, 5.74) is 7.30. The van der Waals surface area contributed by atoms with Crippen LogP contribution < -0.4 is 11.1 Å². The molecule has 4 N–H and O–H groups in total. The summed E-state index contributed by atoms with van der Waals surface area (Å²) in [6.07, 6.45) is 0.657. The molecule has 0 amide bonds. The first-order valence-electron chi connectivity index (χ1n) is 6.86. The summed E-state index contributed by atoms with van der Waals surface area (Å²) in [7, 11) is 0. The maximum Gasteiger partial charge on any atom is 0.224 e. The molecule has 20 heavy (non-hydrogen) atoms. The largest absolute Gasteiger partial charge is 0.508 e. The van der Waals surface area contributed by atoms with Crippen molar-refractivity contribution in [3.63, 3.8) is 0 Å². The van der Waals surface area contributed by atoms with Crippen LogP contribution in [0.3, 0.4) is 0 Å². The van der Waals surface area contributed by atoms with E-state index in [4.69, 9.17) is 5.73 Å². The van der Waals surface area contributed by atoms with Gasteiger partial charge in [-0.25, -0.2) is 0 Å². The molecule has 0 saturated heterocycles. The number of phenolic OH excluding ortho intramolecular Hbond substituents is 1. The molecule has 6 nitrogen and oxygen atoms in total. The minimum absolute atomic E-state index is 0.223. The summed E-state index contributed by atoms with van der Waals surface area (Å²) < 4.78 is 1.99. The van der Waals surface area contributed by atoms with E-state index in [1.165, 1.54) is 0 Å². The van der Waals surface area contributed by atoms with Gasteiger partial charge in [-0.2, -0.15) is 0 Å². The summed E-state index contributed by atoms with van der Waals surface area (Å²) in [5.74, 6) is 1.79. The maximum atomic E-state index is 9.29. The highest BCUT2D eigenvalue weighted by atomic mass is 16.3. The molecule has 1 aromatic carbocycles. The summed E-state index contributed by atoms with van der Waals surface area (Å²) in [6.45, 7) is 5.63. The van der Waals surface area contributed by atoms with E-state index in [1.54, 1.807) is 12.1 Å². The number of hydrogen-bond donors (Lipinski definition) is 3. The second-order valence-electron chi connectivity index (χ2n) is 4.63. The minimum atomic E-state index is -0.223. The molecule has 1 heterocycles. The molecule has 2 aromatic rings. The number of aromatic nitrogens is 3. The minimum Gasteiger partial charge on any atom is -0.508 e. The number of anilines is 1. The highest BCUT2D eigenvalue weighted by Gasteiger charge is 2.17. The molecule has 6 heteroatoms. The zero-order valence-electron chi connectivity index (χ0n) is 11.9. The highest BCUT2D eigenvalue weighted by Crippen LogP contribution is 2.19. The van der Waals surface area contributed by atoms with Crippen molar-refractivity contribution in [1.29, 1.82) is 0 Å². The number of nitrogens with zero attached hydrogens (tertiary/aromatic N) is 3. The predicted molar refractivity (Wildman–Crippen MR) is 78.6 cm³/mol. The Balaban J connectivity index is 2.16. The first-order chi connectivity index (χ1) is 9.65. The van der Waals surface area contributed by atoms with Crippen LogP contribution >= 0.6 is 0 Å². The number of benzene rings is 1. The maximum absolute atomic E-state index is 9.29. The molecule has 0 aliphatic carbocycles. The van der Waals surface area contributed by atoms with Crippen molar-refractivity contribution in [3.8, 4) is 5.75 Å². The van der Waals surface area contributed by atoms with Crippen LogP contribution in [-0.4, -0.2) is 26.4 Å². The van der Waals surface area contributed by atoms with Crippen LogP contribution in [0.5, 0.6) is 5.75 Å². The van der Waals surface area contributed by atoms with Gasteiger partial charge in [0.15, 0.2) is 5.82 Å². The third kappa shape index (κ3) is 3.08. The second kappa shape index (κ2) is 6.38. The number of phenols is 1. The van der Waals surface area contributed by atoms with Crippen LogP contribution in [0.4, 0.5) is 5.95 Å². The number of nitrogens with two attached hydrogens (primary N) is 1. The molecule has 0 fully saturated rings. The van der Waals surface area contributed by atoms with Crippen molar-refractivity contribution >= 4 is 5.95 Å². The van der Waals surface area contributed by atoms with Gasteiger partial charge in [0.1, 0.15) is 5.75 Å². The fraction of sp³-hybridized carbons (Fsp3) is 0.429. The average Bonchev–Trinajstić information content (AvgIpc) is 2.84. The molecule has 0 aliphatic heterocycles. The SMILES string of the molecule is CCNc1nnc(C(N)Cc2ccc(O)cc2)n1CC. The van der Waals surface area contributed by atoms with Gasteiger partial charge in [0, 0.05) is 13.1 Å². The molecule has 1 unspecified atom stereocenters. The smallest absolute Gasteiger partial charge is 0.224 e. The Morgan fingerprint density at radius 3 is 2.55 bits per heavy atom. The molecule has 0 radical (unpaired) electrons. The van der Waals surface area contributed by atoms with E-state index in [0.717, 1.165) is 30.4 Å². The van der Waals surface area contributed by atoms with Crippen molar-refractivity contribution < 1.29 is 5.11 Å². The number of nitrogens with one attached hydrogen (secondary N) is 1. The highest BCUT2D eigenvalue weighted by molar-refractivity contribution is 5.29. The Hall–Kier alpha value is -2.08. The van der Waals surface area contributed by atoms with Gasteiger partial charge in [0.05, 0.1) is 6.04 Å². The summed E-state index contributed by atoms with van der Waals surface area (Å²) in [6, 6.07) is 6.84. The van der Waals surface area contributed by atoms with E-state index >= 15 is 0 Å². The quantitative estimate of drug-likeness (QED) is 0.746. The van der Waals surface area contributed by atoms with Crippen molar-refractivity contribution in [3.05, 3.63) is 35.7 Å². The molecular weight excluding hydrogens is 254 g/mol. The van der Waals surface area contributed by atoms with E-state index in [0.29, 0.717) is 6.42 Å². The molecule has 0 aliphatic rings. The fourth-order valence-corrected chi connectivity index (χ4v) is 2.17. The van der Waals surface area contributed by atoms with E-state index in [9.17, 15) is 5.11 Å². The lowest BCUT2D eigenvalue weighted by molar-refractivity contribution is 0.475. The Morgan fingerprint density at radius 1 is 1.25 bits per heavy atom.